The molecule has 1 aliphatic rings. The van der Waals surface area contributed by atoms with Crippen LogP contribution in [0.3, 0.4) is 0 Å². The van der Waals surface area contributed by atoms with Crippen LogP contribution in [0, 0.1) is 5.92 Å². The van der Waals surface area contributed by atoms with Crippen LogP contribution in [-0.4, -0.2) is 9.97 Å². The van der Waals surface area contributed by atoms with Crippen LogP contribution in [0.25, 0.3) is 10.2 Å². The number of aromatic amines is 1. The molecular formula is C24H31N3OS. The van der Waals surface area contributed by atoms with Crippen molar-refractivity contribution in [3.05, 3.63) is 62.0 Å². The number of fused-ring (bicyclic) bond motifs is 3. The van der Waals surface area contributed by atoms with E-state index in [-0.39, 0.29) is 11.6 Å². The number of rotatable bonds is 7. The molecule has 154 valence electrons. The van der Waals surface area contributed by atoms with Crippen LogP contribution in [0.5, 0.6) is 0 Å². The molecule has 0 bridgehead atoms. The van der Waals surface area contributed by atoms with E-state index in [9.17, 15) is 4.79 Å². The van der Waals surface area contributed by atoms with Crippen molar-refractivity contribution in [3.63, 3.8) is 0 Å². The molecule has 0 saturated heterocycles. The maximum Gasteiger partial charge on any atom is 0.259 e. The number of benzene rings is 1. The van der Waals surface area contributed by atoms with E-state index in [4.69, 9.17) is 4.98 Å². The van der Waals surface area contributed by atoms with Crippen molar-refractivity contribution in [1.29, 1.82) is 0 Å². The van der Waals surface area contributed by atoms with Crippen LogP contribution in [0.2, 0.25) is 0 Å². The molecule has 0 aliphatic heterocycles. The van der Waals surface area contributed by atoms with E-state index in [2.05, 4.69) is 62.3 Å². The number of nitrogens with zero attached hydrogens (tertiary/aromatic N) is 1. The van der Waals surface area contributed by atoms with E-state index in [1.807, 2.05) is 0 Å². The summed E-state index contributed by atoms with van der Waals surface area (Å²) in [5, 5.41) is 4.45. The predicted octanol–water partition coefficient (Wildman–Crippen LogP) is 5.47. The van der Waals surface area contributed by atoms with Gasteiger partial charge in [-0.2, -0.15) is 0 Å². The highest BCUT2D eigenvalue weighted by molar-refractivity contribution is 7.18. The van der Waals surface area contributed by atoms with Crippen molar-refractivity contribution in [2.24, 2.45) is 5.92 Å². The highest BCUT2D eigenvalue weighted by atomic mass is 32.1. The Morgan fingerprint density at radius 2 is 1.86 bits per heavy atom. The monoisotopic (exact) mass is 409 g/mol. The first-order chi connectivity index (χ1) is 14.0. The van der Waals surface area contributed by atoms with Crippen molar-refractivity contribution < 1.29 is 0 Å². The SMILES string of the molecule is CC[C@@H](C)c1ccc([C@@H](NCc2nc3sc4c(c3c(=O)[nH]2)CCC4)C(C)C)cc1. The molecule has 0 radical (unpaired) electrons. The van der Waals surface area contributed by atoms with Gasteiger partial charge in [0.1, 0.15) is 10.7 Å². The average Bonchev–Trinajstić information content (AvgIpc) is 3.28. The third-order valence-electron chi connectivity index (χ3n) is 6.26. The maximum atomic E-state index is 12.7. The number of hydrogen-bond donors (Lipinski definition) is 2. The highest BCUT2D eigenvalue weighted by Crippen LogP contribution is 2.34. The van der Waals surface area contributed by atoms with E-state index in [0.29, 0.717) is 18.4 Å². The molecule has 4 rings (SSSR count). The van der Waals surface area contributed by atoms with Gasteiger partial charge in [0, 0.05) is 10.9 Å². The summed E-state index contributed by atoms with van der Waals surface area (Å²) in [6.07, 6.45) is 4.41. The Kier molecular flexibility index (Phi) is 5.88. The molecule has 2 heterocycles. The number of H-pyrrole nitrogens is 1. The minimum Gasteiger partial charge on any atom is -0.309 e. The molecule has 29 heavy (non-hydrogen) atoms. The summed E-state index contributed by atoms with van der Waals surface area (Å²) in [6, 6.07) is 9.19. The zero-order valence-electron chi connectivity index (χ0n) is 17.8. The molecule has 0 saturated carbocycles. The molecule has 2 aromatic heterocycles. The lowest BCUT2D eigenvalue weighted by atomic mass is 9.92. The maximum absolute atomic E-state index is 12.7. The molecule has 5 heteroatoms. The predicted molar refractivity (Wildman–Crippen MR) is 122 cm³/mol. The molecule has 2 atom stereocenters. The quantitative estimate of drug-likeness (QED) is 0.544. The Bertz CT molecular complexity index is 1050. The van der Waals surface area contributed by atoms with Crippen molar-refractivity contribution in [3.8, 4) is 0 Å². The summed E-state index contributed by atoms with van der Waals surface area (Å²) >= 11 is 1.70. The Morgan fingerprint density at radius 1 is 1.14 bits per heavy atom. The van der Waals surface area contributed by atoms with Crippen molar-refractivity contribution in [1.82, 2.24) is 15.3 Å². The van der Waals surface area contributed by atoms with E-state index in [1.54, 1.807) is 11.3 Å². The molecule has 0 spiro atoms. The lowest BCUT2D eigenvalue weighted by Crippen LogP contribution is -2.27. The van der Waals surface area contributed by atoms with Crippen molar-refractivity contribution >= 4 is 21.6 Å². The van der Waals surface area contributed by atoms with Crippen LogP contribution in [0.4, 0.5) is 0 Å². The number of hydrogen-bond acceptors (Lipinski definition) is 4. The van der Waals surface area contributed by atoms with Crippen LogP contribution in [0.1, 0.15) is 79.9 Å². The van der Waals surface area contributed by atoms with Gasteiger partial charge in [-0.05, 0) is 54.2 Å². The van der Waals surface area contributed by atoms with Gasteiger partial charge in [0.05, 0.1) is 11.9 Å². The summed E-state index contributed by atoms with van der Waals surface area (Å²) in [5.74, 6) is 1.75. The molecule has 4 nitrogen and oxygen atoms in total. The molecule has 0 unspecified atom stereocenters. The molecule has 1 aliphatic carbocycles. The zero-order valence-corrected chi connectivity index (χ0v) is 18.7. The Morgan fingerprint density at radius 3 is 2.55 bits per heavy atom. The van der Waals surface area contributed by atoms with Crippen molar-refractivity contribution in [2.75, 3.05) is 0 Å². The average molecular weight is 410 g/mol. The normalized spacial score (nSPS) is 15.8. The highest BCUT2D eigenvalue weighted by Gasteiger charge is 2.22. The molecule has 2 N–H and O–H groups in total. The van der Waals surface area contributed by atoms with Crippen LogP contribution in [-0.2, 0) is 19.4 Å². The minimum atomic E-state index is 0.0187. The van der Waals surface area contributed by atoms with Crippen molar-refractivity contribution in [2.45, 2.75) is 71.9 Å². The molecule has 3 aromatic rings. The van der Waals surface area contributed by atoms with Crippen LogP contribution >= 0.6 is 11.3 Å². The second-order valence-corrected chi connectivity index (χ2v) is 9.71. The zero-order chi connectivity index (χ0) is 20.5. The second-order valence-electron chi connectivity index (χ2n) is 8.63. The van der Waals surface area contributed by atoms with Gasteiger partial charge in [-0.15, -0.1) is 11.3 Å². The first-order valence-electron chi connectivity index (χ1n) is 10.8. The van der Waals surface area contributed by atoms with Gasteiger partial charge in [-0.1, -0.05) is 52.0 Å². The first-order valence-corrected chi connectivity index (χ1v) is 11.7. The summed E-state index contributed by atoms with van der Waals surface area (Å²) < 4.78 is 0. The van der Waals surface area contributed by atoms with Crippen LogP contribution in [0.15, 0.2) is 29.1 Å². The number of nitrogens with one attached hydrogen (secondary N) is 2. The third kappa shape index (κ3) is 4.03. The standard InChI is InChI=1S/C24H31N3OS/c1-5-15(4)16-9-11-17(12-10-16)22(14(2)3)25-13-20-26-23(28)21-18-7-6-8-19(18)29-24(21)27-20/h9-12,14-15,22,25H,5-8,13H2,1-4H3,(H,26,27,28)/t15-,22+/m1/s1. The lowest BCUT2D eigenvalue weighted by molar-refractivity contribution is 0.406. The van der Waals surface area contributed by atoms with Gasteiger partial charge < -0.3 is 10.3 Å². The van der Waals surface area contributed by atoms with Gasteiger partial charge in [-0.3, -0.25) is 4.79 Å². The fourth-order valence-corrected chi connectivity index (χ4v) is 5.62. The van der Waals surface area contributed by atoms with Crippen LogP contribution < -0.4 is 10.9 Å². The van der Waals surface area contributed by atoms with E-state index in [1.165, 1.54) is 21.6 Å². The van der Waals surface area contributed by atoms with Gasteiger partial charge in [0.2, 0.25) is 0 Å². The molecule has 0 fully saturated rings. The smallest absolute Gasteiger partial charge is 0.259 e. The summed E-state index contributed by atoms with van der Waals surface area (Å²) in [5.41, 5.74) is 3.93. The van der Waals surface area contributed by atoms with Gasteiger partial charge in [-0.25, -0.2) is 4.98 Å². The lowest BCUT2D eigenvalue weighted by Gasteiger charge is -2.23. The number of aromatic nitrogens is 2. The van der Waals surface area contributed by atoms with Gasteiger partial charge in [0.25, 0.3) is 5.56 Å². The topological polar surface area (TPSA) is 57.8 Å². The summed E-state index contributed by atoms with van der Waals surface area (Å²) in [7, 11) is 0. The molecule has 0 amide bonds. The van der Waals surface area contributed by atoms with E-state index in [0.717, 1.165) is 41.7 Å². The van der Waals surface area contributed by atoms with Gasteiger partial charge >= 0.3 is 0 Å². The fourth-order valence-electron chi connectivity index (χ4n) is 4.34. The molecule has 1 aromatic carbocycles. The Balaban J connectivity index is 1.53. The minimum absolute atomic E-state index is 0.0187. The molecular weight excluding hydrogens is 378 g/mol. The fraction of sp³-hybridized carbons (Fsp3) is 0.500. The first kappa shape index (κ1) is 20.3. The van der Waals surface area contributed by atoms with E-state index >= 15 is 0 Å². The Hall–Kier alpha value is -1.98. The van der Waals surface area contributed by atoms with Gasteiger partial charge in [0.15, 0.2) is 0 Å². The second kappa shape index (κ2) is 8.41. The van der Waals surface area contributed by atoms with E-state index < -0.39 is 0 Å². The Labute approximate surface area is 176 Å². The number of aryl methyl sites for hydroxylation is 2. The summed E-state index contributed by atoms with van der Waals surface area (Å²) in [6.45, 7) is 9.51. The summed E-state index contributed by atoms with van der Waals surface area (Å²) in [4.78, 5) is 22.7. The third-order valence-corrected chi connectivity index (χ3v) is 7.44. The number of thiophene rings is 1. The largest absolute Gasteiger partial charge is 0.309 e.